The van der Waals surface area contributed by atoms with E-state index in [2.05, 4.69) is 31.1 Å². The van der Waals surface area contributed by atoms with Crippen LogP contribution in [0, 0.1) is 0 Å². The second-order valence-corrected chi connectivity index (χ2v) is 4.37. The van der Waals surface area contributed by atoms with E-state index in [0.29, 0.717) is 0 Å². The first-order valence-electron chi connectivity index (χ1n) is 5.69. The molecule has 2 heterocycles. The average molecular weight is 208 g/mol. The maximum absolute atomic E-state index is 4.02. The second-order valence-electron chi connectivity index (χ2n) is 4.37. The molecule has 3 rings (SSSR count). The summed E-state index contributed by atoms with van der Waals surface area (Å²) in [6, 6.07) is 0.978. The van der Waals surface area contributed by atoms with E-state index < -0.39 is 0 Å². The number of hydrazine groups is 1. The average Bonchev–Trinajstić information content (AvgIpc) is 3.02. The minimum absolute atomic E-state index is 0.254. The second kappa shape index (κ2) is 3.86. The third kappa shape index (κ3) is 1.74. The smallest absolute Gasteiger partial charge is 0.192 e. The Bertz CT molecular complexity index is 304. The molecule has 0 radical (unpaired) electrons. The number of nitrogens with zero attached hydrogens (tertiary/aromatic N) is 4. The summed E-state index contributed by atoms with van der Waals surface area (Å²) in [6.07, 6.45) is 6.47. The molecule has 0 amide bonds. The summed E-state index contributed by atoms with van der Waals surface area (Å²) >= 11 is 0. The van der Waals surface area contributed by atoms with Gasteiger partial charge in [0.2, 0.25) is 0 Å². The summed E-state index contributed by atoms with van der Waals surface area (Å²) in [7, 11) is 0. The first kappa shape index (κ1) is 9.23. The van der Waals surface area contributed by atoms with Crippen molar-refractivity contribution < 1.29 is 0 Å². The standard InChI is InChI=1S/C9H16N6/c1-2-4-7(3-1)15-6-5-8(12-15)9-10-13-14-11-9/h7-8,12H,1-6H2,(H,10,11,13,14). The van der Waals surface area contributed by atoms with Crippen molar-refractivity contribution >= 4 is 0 Å². The van der Waals surface area contributed by atoms with E-state index in [9.17, 15) is 0 Å². The molecule has 1 aromatic rings. The first-order chi connectivity index (χ1) is 7.43. The molecule has 1 aliphatic heterocycles. The van der Waals surface area contributed by atoms with Crippen LogP contribution in [-0.2, 0) is 0 Å². The molecule has 0 bridgehead atoms. The van der Waals surface area contributed by atoms with Gasteiger partial charge in [0, 0.05) is 12.6 Å². The fourth-order valence-corrected chi connectivity index (χ4v) is 2.61. The molecule has 2 aliphatic rings. The van der Waals surface area contributed by atoms with Gasteiger partial charge in [-0.3, -0.25) is 0 Å². The van der Waals surface area contributed by atoms with Crippen molar-refractivity contribution in [1.82, 2.24) is 31.1 Å². The van der Waals surface area contributed by atoms with Gasteiger partial charge in [-0.1, -0.05) is 18.1 Å². The Morgan fingerprint density at radius 3 is 2.80 bits per heavy atom. The van der Waals surface area contributed by atoms with Crippen LogP contribution in [-0.4, -0.2) is 38.2 Å². The van der Waals surface area contributed by atoms with Crippen LogP contribution >= 0.6 is 0 Å². The predicted molar refractivity (Wildman–Crippen MR) is 53.6 cm³/mol. The predicted octanol–water partition coefficient (Wildman–Crippen LogP) is 0.394. The summed E-state index contributed by atoms with van der Waals surface area (Å²) in [5.74, 6) is 0.787. The summed E-state index contributed by atoms with van der Waals surface area (Å²) in [5.41, 5.74) is 3.48. The van der Waals surface area contributed by atoms with Gasteiger partial charge in [-0.05, 0) is 19.3 Å². The van der Waals surface area contributed by atoms with Crippen LogP contribution in [0.2, 0.25) is 0 Å². The lowest BCUT2D eigenvalue weighted by Crippen LogP contribution is -2.39. The Kier molecular flexibility index (Phi) is 2.38. The van der Waals surface area contributed by atoms with Crippen molar-refractivity contribution in [3.05, 3.63) is 5.82 Å². The van der Waals surface area contributed by atoms with Gasteiger partial charge in [0.05, 0.1) is 6.04 Å². The molecule has 82 valence electrons. The molecule has 1 saturated heterocycles. The number of aromatic amines is 1. The lowest BCUT2D eigenvalue weighted by atomic mass is 10.2. The molecule has 6 heteroatoms. The van der Waals surface area contributed by atoms with Crippen LogP contribution in [0.1, 0.15) is 44.0 Å². The Balaban J connectivity index is 1.63. The van der Waals surface area contributed by atoms with Crippen molar-refractivity contribution in [3.63, 3.8) is 0 Å². The van der Waals surface area contributed by atoms with Crippen molar-refractivity contribution in [1.29, 1.82) is 0 Å². The molecule has 6 nitrogen and oxygen atoms in total. The maximum Gasteiger partial charge on any atom is 0.192 e. The number of nitrogens with one attached hydrogen (secondary N) is 2. The minimum atomic E-state index is 0.254. The lowest BCUT2D eigenvalue weighted by molar-refractivity contribution is 0.163. The molecule has 1 aromatic heterocycles. The number of aromatic nitrogens is 4. The number of hydrogen-bond donors (Lipinski definition) is 2. The van der Waals surface area contributed by atoms with Crippen molar-refractivity contribution in [3.8, 4) is 0 Å². The zero-order valence-corrected chi connectivity index (χ0v) is 8.69. The molecule has 0 aromatic carbocycles. The fourth-order valence-electron chi connectivity index (χ4n) is 2.61. The van der Waals surface area contributed by atoms with Crippen molar-refractivity contribution in [2.45, 2.75) is 44.2 Å². The van der Waals surface area contributed by atoms with Crippen LogP contribution in [0.25, 0.3) is 0 Å². The number of rotatable bonds is 2. The highest BCUT2D eigenvalue weighted by atomic mass is 15.6. The molecule has 1 unspecified atom stereocenters. The van der Waals surface area contributed by atoms with Crippen LogP contribution in [0.5, 0.6) is 0 Å². The topological polar surface area (TPSA) is 69.7 Å². The summed E-state index contributed by atoms with van der Waals surface area (Å²) < 4.78 is 0. The summed E-state index contributed by atoms with van der Waals surface area (Å²) in [5, 5.41) is 16.5. The zero-order valence-electron chi connectivity index (χ0n) is 8.69. The molecular formula is C9H16N6. The number of H-pyrrole nitrogens is 1. The van der Waals surface area contributed by atoms with Crippen molar-refractivity contribution in [2.24, 2.45) is 0 Å². The van der Waals surface area contributed by atoms with Gasteiger partial charge in [-0.15, -0.1) is 10.2 Å². The quantitative estimate of drug-likeness (QED) is 0.736. The van der Waals surface area contributed by atoms with E-state index >= 15 is 0 Å². The monoisotopic (exact) mass is 208 g/mol. The van der Waals surface area contributed by atoms with Crippen LogP contribution in [0.3, 0.4) is 0 Å². The largest absolute Gasteiger partial charge is 0.244 e. The molecule has 2 N–H and O–H groups in total. The molecular weight excluding hydrogens is 192 g/mol. The van der Waals surface area contributed by atoms with E-state index in [-0.39, 0.29) is 6.04 Å². The molecule has 1 aliphatic carbocycles. The SMILES string of the molecule is C1CCC(N2CCC(c3nn[nH]n3)N2)C1. The summed E-state index contributed by atoms with van der Waals surface area (Å²) in [6.45, 7) is 1.10. The minimum Gasteiger partial charge on any atom is -0.244 e. The van der Waals surface area contributed by atoms with Gasteiger partial charge >= 0.3 is 0 Å². The summed E-state index contributed by atoms with van der Waals surface area (Å²) in [4.78, 5) is 0. The Morgan fingerprint density at radius 1 is 1.20 bits per heavy atom. The number of hydrogen-bond acceptors (Lipinski definition) is 5. The highest BCUT2D eigenvalue weighted by Gasteiger charge is 2.31. The highest BCUT2D eigenvalue weighted by Crippen LogP contribution is 2.28. The van der Waals surface area contributed by atoms with E-state index in [1.165, 1.54) is 25.7 Å². The van der Waals surface area contributed by atoms with Gasteiger partial charge in [-0.2, -0.15) is 5.21 Å². The fraction of sp³-hybridized carbons (Fsp3) is 0.889. The van der Waals surface area contributed by atoms with Gasteiger partial charge in [0.15, 0.2) is 5.82 Å². The molecule has 0 spiro atoms. The normalized spacial score (nSPS) is 28.9. The van der Waals surface area contributed by atoms with Crippen LogP contribution in [0.4, 0.5) is 0 Å². The van der Waals surface area contributed by atoms with E-state index in [1.54, 1.807) is 0 Å². The Labute approximate surface area is 88.4 Å². The molecule has 1 saturated carbocycles. The number of tetrazole rings is 1. The molecule has 1 atom stereocenters. The highest BCUT2D eigenvalue weighted by molar-refractivity contribution is 4.93. The Hall–Kier alpha value is -1.01. The molecule has 2 fully saturated rings. The van der Waals surface area contributed by atoms with E-state index in [1.807, 2.05) is 0 Å². The van der Waals surface area contributed by atoms with Gasteiger partial charge in [0.25, 0.3) is 0 Å². The maximum atomic E-state index is 4.02. The van der Waals surface area contributed by atoms with E-state index in [0.717, 1.165) is 24.8 Å². The first-order valence-corrected chi connectivity index (χ1v) is 5.69. The van der Waals surface area contributed by atoms with Crippen LogP contribution < -0.4 is 5.43 Å². The zero-order chi connectivity index (χ0) is 10.1. The van der Waals surface area contributed by atoms with Gasteiger partial charge in [-0.25, -0.2) is 10.4 Å². The van der Waals surface area contributed by atoms with Crippen LogP contribution in [0.15, 0.2) is 0 Å². The molecule has 15 heavy (non-hydrogen) atoms. The lowest BCUT2D eigenvalue weighted by Gasteiger charge is -2.23. The van der Waals surface area contributed by atoms with Gasteiger partial charge < -0.3 is 0 Å². The third-order valence-corrected chi connectivity index (χ3v) is 3.42. The van der Waals surface area contributed by atoms with E-state index in [4.69, 9.17) is 0 Å². The van der Waals surface area contributed by atoms with Crippen molar-refractivity contribution in [2.75, 3.05) is 6.54 Å². The third-order valence-electron chi connectivity index (χ3n) is 3.42. The Morgan fingerprint density at radius 2 is 2.07 bits per heavy atom. The van der Waals surface area contributed by atoms with Gasteiger partial charge in [0.1, 0.15) is 0 Å².